The van der Waals surface area contributed by atoms with Crippen LogP contribution in [0.15, 0.2) is 35.1 Å². The smallest absolute Gasteiger partial charge is 0.271 e. The average molecular weight is 257 g/mol. The molecule has 0 amide bonds. The molecule has 0 atom stereocenters. The van der Waals surface area contributed by atoms with E-state index in [1.165, 1.54) is 4.68 Å². The van der Waals surface area contributed by atoms with Crippen molar-refractivity contribution in [1.29, 1.82) is 0 Å². The minimum absolute atomic E-state index is 0.145. The molecule has 100 valence electrons. The molecule has 0 radical (unpaired) electrons. The van der Waals surface area contributed by atoms with Gasteiger partial charge in [-0.2, -0.15) is 9.78 Å². The zero-order valence-electron chi connectivity index (χ0n) is 11.6. The predicted molar refractivity (Wildman–Crippen MR) is 76.6 cm³/mol. The molecule has 2 aromatic rings. The molecule has 1 aromatic heterocycles. The van der Waals surface area contributed by atoms with Crippen molar-refractivity contribution in [3.63, 3.8) is 0 Å². The first-order chi connectivity index (χ1) is 9.02. The summed E-state index contributed by atoms with van der Waals surface area (Å²) in [6, 6.07) is 9.32. The summed E-state index contributed by atoms with van der Waals surface area (Å²) < 4.78 is 1.44. The van der Waals surface area contributed by atoms with Crippen molar-refractivity contribution >= 4 is 0 Å². The lowest BCUT2D eigenvalue weighted by Gasteiger charge is -2.13. The topological polar surface area (TPSA) is 60.9 Å². The van der Waals surface area contributed by atoms with Crippen LogP contribution in [0.2, 0.25) is 0 Å². The molecule has 0 fully saturated rings. The number of aromatic nitrogens is 2. The summed E-state index contributed by atoms with van der Waals surface area (Å²) in [5.41, 5.74) is 9.16. The Balaban J connectivity index is 2.61. The highest BCUT2D eigenvalue weighted by Crippen LogP contribution is 2.16. The Kier molecular flexibility index (Phi) is 3.81. The predicted octanol–water partition coefficient (Wildman–Crippen LogP) is 2.12. The van der Waals surface area contributed by atoms with E-state index in [-0.39, 0.29) is 11.5 Å². The van der Waals surface area contributed by atoms with E-state index in [1.54, 1.807) is 6.07 Å². The number of benzene rings is 1. The summed E-state index contributed by atoms with van der Waals surface area (Å²) in [6.07, 6.45) is 0. The van der Waals surface area contributed by atoms with Gasteiger partial charge in [0.2, 0.25) is 0 Å². The van der Waals surface area contributed by atoms with Crippen LogP contribution in [-0.4, -0.2) is 9.78 Å². The molecule has 1 aromatic carbocycles. The van der Waals surface area contributed by atoms with Gasteiger partial charge in [-0.05, 0) is 30.5 Å². The quantitative estimate of drug-likeness (QED) is 0.916. The summed E-state index contributed by atoms with van der Waals surface area (Å²) in [7, 11) is 0. The van der Waals surface area contributed by atoms with Gasteiger partial charge in [-0.1, -0.05) is 31.5 Å². The van der Waals surface area contributed by atoms with E-state index in [0.717, 1.165) is 22.5 Å². The highest BCUT2D eigenvalue weighted by molar-refractivity contribution is 5.34. The van der Waals surface area contributed by atoms with E-state index < -0.39 is 0 Å². The molecule has 19 heavy (non-hydrogen) atoms. The zero-order valence-corrected chi connectivity index (χ0v) is 11.6. The first-order valence-electron chi connectivity index (χ1n) is 6.43. The molecule has 0 aliphatic rings. The van der Waals surface area contributed by atoms with E-state index in [2.05, 4.69) is 5.10 Å². The maximum Gasteiger partial charge on any atom is 0.271 e. The molecule has 4 heteroatoms. The SMILES string of the molecule is Cc1ccc(-n2nc(C(C)C)c(CN)cc2=O)cc1. The van der Waals surface area contributed by atoms with Gasteiger partial charge in [0.15, 0.2) is 0 Å². The van der Waals surface area contributed by atoms with Crippen LogP contribution < -0.4 is 11.3 Å². The first kappa shape index (κ1) is 13.5. The molecular weight excluding hydrogens is 238 g/mol. The molecule has 0 aliphatic heterocycles. The highest BCUT2D eigenvalue weighted by Gasteiger charge is 2.12. The Morgan fingerprint density at radius 3 is 2.42 bits per heavy atom. The van der Waals surface area contributed by atoms with Crippen molar-refractivity contribution in [1.82, 2.24) is 9.78 Å². The number of hydrogen-bond acceptors (Lipinski definition) is 3. The highest BCUT2D eigenvalue weighted by atomic mass is 16.1. The van der Waals surface area contributed by atoms with Gasteiger partial charge in [-0.3, -0.25) is 4.79 Å². The second-order valence-electron chi connectivity index (χ2n) is 5.00. The van der Waals surface area contributed by atoms with Crippen molar-refractivity contribution in [3.05, 3.63) is 57.5 Å². The summed E-state index contributed by atoms with van der Waals surface area (Å²) in [6.45, 7) is 6.44. The number of hydrogen-bond donors (Lipinski definition) is 1. The molecule has 2 N–H and O–H groups in total. The van der Waals surface area contributed by atoms with E-state index >= 15 is 0 Å². The van der Waals surface area contributed by atoms with Gasteiger partial charge in [-0.15, -0.1) is 0 Å². The Bertz CT molecular complexity index is 627. The number of nitrogens with zero attached hydrogens (tertiary/aromatic N) is 2. The van der Waals surface area contributed by atoms with E-state index in [4.69, 9.17) is 5.73 Å². The largest absolute Gasteiger partial charge is 0.326 e. The lowest BCUT2D eigenvalue weighted by molar-refractivity contribution is 0.694. The third-order valence-corrected chi connectivity index (χ3v) is 3.09. The van der Waals surface area contributed by atoms with Crippen LogP contribution in [0, 0.1) is 6.92 Å². The standard InChI is InChI=1S/C15H19N3O/c1-10(2)15-12(9-16)8-14(19)18(17-15)13-6-4-11(3)5-7-13/h4-8,10H,9,16H2,1-3H3. The Morgan fingerprint density at radius 2 is 1.89 bits per heavy atom. The van der Waals surface area contributed by atoms with Crippen molar-refractivity contribution in [2.45, 2.75) is 33.2 Å². The number of nitrogens with two attached hydrogens (primary N) is 1. The van der Waals surface area contributed by atoms with Crippen molar-refractivity contribution in [2.24, 2.45) is 5.73 Å². The molecule has 1 heterocycles. The van der Waals surface area contributed by atoms with Crippen LogP contribution in [0.1, 0.15) is 36.6 Å². The maximum atomic E-state index is 12.1. The minimum Gasteiger partial charge on any atom is -0.326 e. The van der Waals surface area contributed by atoms with Crippen LogP contribution in [0.3, 0.4) is 0 Å². The Labute approximate surface area is 112 Å². The fraction of sp³-hybridized carbons (Fsp3) is 0.333. The first-order valence-corrected chi connectivity index (χ1v) is 6.43. The normalized spacial score (nSPS) is 11.0. The molecule has 0 aliphatic carbocycles. The molecule has 0 saturated carbocycles. The lowest BCUT2D eigenvalue weighted by atomic mass is 10.0. The number of rotatable bonds is 3. The van der Waals surface area contributed by atoms with Gasteiger partial charge in [0.1, 0.15) is 0 Å². The van der Waals surface area contributed by atoms with Gasteiger partial charge < -0.3 is 5.73 Å². The summed E-state index contributed by atoms with van der Waals surface area (Å²) >= 11 is 0. The lowest BCUT2D eigenvalue weighted by Crippen LogP contribution is -2.24. The van der Waals surface area contributed by atoms with Gasteiger partial charge in [0.25, 0.3) is 5.56 Å². The van der Waals surface area contributed by atoms with Gasteiger partial charge in [0.05, 0.1) is 11.4 Å². The molecule has 2 rings (SSSR count). The monoisotopic (exact) mass is 257 g/mol. The van der Waals surface area contributed by atoms with Crippen LogP contribution in [0.5, 0.6) is 0 Å². The third kappa shape index (κ3) is 2.74. The number of aryl methyl sites for hydroxylation is 1. The third-order valence-electron chi connectivity index (χ3n) is 3.09. The fourth-order valence-corrected chi connectivity index (χ4v) is 2.03. The van der Waals surface area contributed by atoms with Gasteiger partial charge in [0, 0.05) is 12.6 Å². The molecule has 4 nitrogen and oxygen atoms in total. The zero-order chi connectivity index (χ0) is 14.0. The minimum atomic E-state index is -0.145. The van der Waals surface area contributed by atoms with Crippen LogP contribution in [0.25, 0.3) is 5.69 Å². The van der Waals surface area contributed by atoms with Gasteiger partial charge >= 0.3 is 0 Å². The maximum absolute atomic E-state index is 12.1. The van der Waals surface area contributed by atoms with Crippen molar-refractivity contribution in [3.8, 4) is 5.69 Å². The summed E-state index contributed by atoms with van der Waals surface area (Å²) in [4.78, 5) is 12.1. The molecule has 0 spiro atoms. The fourth-order valence-electron chi connectivity index (χ4n) is 2.03. The Hall–Kier alpha value is -1.94. The van der Waals surface area contributed by atoms with E-state index in [0.29, 0.717) is 6.54 Å². The molecule has 0 bridgehead atoms. The molecular formula is C15H19N3O. The molecule has 0 unspecified atom stereocenters. The summed E-state index contributed by atoms with van der Waals surface area (Å²) in [5.74, 6) is 0.232. The second-order valence-corrected chi connectivity index (χ2v) is 5.00. The summed E-state index contributed by atoms with van der Waals surface area (Å²) in [5, 5.41) is 4.47. The van der Waals surface area contributed by atoms with Gasteiger partial charge in [-0.25, -0.2) is 0 Å². The van der Waals surface area contributed by atoms with E-state index in [1.807, 2.05) is 45.0 Å². The van der Waals surface area contributed by atoms with Crippen molar-refractivity contribution < 1.29 is 0 Å². The van der Waals surface area contributed by atoms with E-state index in [9.17, 15) is 4.79 Å². The van der Waals surface area contributed by atoms with Crippen LogP contribution >= 0.6 is 0 Å². The second kappa shape index (κ2) is 5.36. The molecule has 0 saturated heterocycles. The van der Waals surface area contributed by atoms with Crippen molar-refractivity contribution in [2.75, 3.05) is 0 Å². The van der Waals surface area contributed by atoms with Crippen LogP contribution in [0.4, 0.5) is 0 Å². The average Bonchev–Trinajstić information content (AvgIpc) is 2.39. The van der Waals surface area contributed by atoms with Crippen LogP contribution in [-0.2, 0) is 6.54 Å². The Morgan fingerprint density at radius 1 is 1.26 bits per heavy atom.